The van der Waals surface area contributed by atoms with Crippen molar-refractivity contribution in [2.75, 3.05) is 25.7 Å². The van der Waals surface area contributed by atoms with Crippen LogP contribution in [0.15, 0.2) is 18.2 Å². The highest BCUT2D eigenvalue weighted by Crippen LogP contribution is 2.31. The SMILES string of the molecule is CCOc1cc([C@@H](CSC)N[S@@](=O)C(C)(C)C)ccc1OC. The van der Waals surface area contributed by atoms with Gasteiger partial charge in [-0.15, -0.1) is 0 Å². The Kier molecular flexibility index (Phi) is 7.72. The normalized spacial score (nSPS) is 14.5. The zero-order valence-electron chi connectivity index (χ0n) is 14.3. The van der Waals surface area contributed by atoms with Gasteiger partial charge >= 0.3 is 0 Å². The Morgan fingerprint density at radius 2 is 2.00 bits per heavy atom. The lowest BCUT2D eigenvalue weighted by Crippen LogP contribution is -2.36. The van der Waals surface area contributed by atoms with E-state index >= 15 is 0 Å². The molecule has 6 heteroatoms. The summed E-state index contributed by atoms with van der Waals surface area (Å²) in [6.07, 6.45) is 2.04. The van der Waals surface area contributed by atoms with Crippen molar-refractivity contribution >= 4 is 22.7 Å². The van der Waals surface area contributed by atoms with Crippen LogP contribution in [-0.4, -0.2) is 34.7 Å². The van der Waals surface area contributed by atoms with E-state index in [9.17, 15) is 4.21 Å². The standard InChI is InChI=1S/C16H27NO3S2/c1-7-20-15-10-12(8-9-14(15)19-5)13(11-21-6)17-22(18)16(2,3)4/h8-10,13,17H,7,11H2,1-6H3/t13-,22+/m1/s1. The molecule has 126 valence electrons. The van der Waals surface area contributed by atoms with E-state index < -0.39 is 11.0 Å². The number of ether oxygens (including phenoxy) is 2. The highest BCUT2D eigenvalue weighted by molar-refractivity contribution is 7.98. The number of thioether (sulfide) groups is 1. The molecule has 1 rings (SSSR count). The van der Waals surface area contributed by atoms with Crippen molar-refractivity contribution in [2.24, 2.45) is 0 Å². The molecule has 1 N–H and O–H groups in total. The van der Waals surface area contributed by atoms with Crippen LogP contribution in [0.3, 0.4) is 0 Å². The van der Waals surface area contributed by atoms with Crippen molar-refractivity contribution in [3.05, 3.63) is 23.8 Å². The van der Waals surface area contributed by atoms with Crippen molar-refractivity contribution < 1.29 is 13.7 Å². The molecular weight excluding hydrogens is 318 g/mol. The zero-order chi connectivity index (χ0) is 16.8. The second-order valence-electron chi connectivity index (χ2n) is 5.85. The molecule has 0 saturated heterocycles. The number of methoxy groups -OCH3 is 1. The van der Waals surface area contributed by atoms with E-state index in [1.165, 1.54) is 0 Å². The first kappa shape index (κ1) is 19.3. The maximum absolute atomic E-state index is 12.4. The van der Waals surface area contributed by atoms with Crippen molar-refractivity contribution in [3.8, 4) is 11.5 Å². The molecule has 2 atom stereocenters. The summed E-state index contributed by atoms with van der Waals surface area (Å²) in [5.74, 6) is 2.27. The highest BCUT2D eigenvalue weighted by atomic mass is 32.2. The van der Waals surface area contributed by atoms with E-state index in [2.05, 4.69) is 4.72 Å². The van der Waals surface area contributed by atoms with Gasteiger partial charge in [-0.2, -0.15) is 11.8 Å². The Morgan fingerprint density at radius 3 is 2.50 bits per heavy atom. The molecule has 0 amide bonds. The van der Waals surface area contributed by atoms with Crippen LogP contribution in [0, 0.1) is 0 Å². The highest BCUT2D eigenvalue weighted by Gasteiger charge is 2.24. The van der Waals surface area contributed by atoms with Crippen LogP contribution in [-0.2, 0) is 11.0 Å². The molecular formula is C16H27NO3S2. The van der Waals surface area contributed by atoms with Crippen LogP contribution in [0.5, 0.6) is 11.5 Å². The molecule has 0 aliphatic rings. The monoisotopic (exact) mass is 345 g/mol. The number of nitrogens with one attached hydrogen (secondary N) is 1. The van der Waals surface area contributed by atoms with Crippen molar-refractivity contribution in [1.29, 1.82) is 0 Å². The first-order valence-corrected chi connectivity index (χ1v) is 9.85. The molecule has 1 aromatic carbocycles. The van der Waals surface area contributed by atoms with Crippen LogP contribution in [0.1, 0.15) is 39.3 Å². The summed E-state index contributed by atoms with van der Waals surface area (Å²) in [7, 11) is 0.507. The van der Waals surface area contributed by atoms with Gasteiger partial charge in [0.05, 0.1) is 35.5 Å². The van der Waals surface area contributed by atoms with Gasteiger partial charge in [0.1, 0.15) is 0 Å². The minimum absolute atomic E-state index is 0.000158. The Balaban J connectivity index is 3.05. The molecule has 1 aromatic rings. The quantitative estimate of drug-likeness (QED) is 0.783. The number of rotatable bonds is 8. The maximum Gasteiger partial charge on any atom is 0.161 e. The third kappa shape index (κ3) is 5.48. The first-order chi connectivity index (χ1) is 10.3. The van der Waals surface area contributed by atoms with Gasteiger partial charge in [-0.3, -0.25) is 0 Å². The van der Waals surface area contributed by atoms with Crippen LogP contribution in [0.4, 0.5) is 0 Å². The zero-order valence-corrected chi connectivity index (χ0v) is 15.9. The molecule has 0 fully saturated rings. The molecule has 0 aliphatic heterocycles. The van der Waals surface area contributed by atoms with Crippen LogP contribution >= 0.6 is 11.8 Å². The second kappa shape index (κ2) is 8.79. The van der Waals surface area contributed by atoms with Crippen molar-refractivity contribution in [1.82, 2.24) is 4.72 Å². The van der Waals surface area contributed by atoms with Gasteiger partial charge in [0, 0.05) is 5.75 Å². The van der Waals surface area contributed by atoms with E-state index in [1.807, 2.05) is 52.1 Å². The van der Waals surface area contributed by atoms with E-state index in [0.29, 0.717) is 12.4 Å². The molecule has 0 aromatic heterocycles. The van der Waals surface area contributed by atoms with Gasteiger partial charge in [-0.05, 0) is 51.6 Å². The van der Waals surface area contributed by atoms with E-state index in [4.69, 9.17) is 9.47 Å². The Hall–Kier alpha value is -0.720. The summed E-state index contributed by atoms with van der Waals surface area (Å²) < 4.78 is 26.3. The van der Waals surface area contributed by atoms with Gasteiger partial charge in [0.2, 0.25) is 0 Å². The van der Waals surface area contributed by atoms with Crippen LogP contribution < -0.4 is 14.2 Å². The first-order valence-electron chi connectivity index (χ1n) is 7.31. The lowest BCUT2D eigenvalue weighted by Gasteiger charge is -2.24. The maximum atomic E-state index is 12.4. The smallest absolute Gasteiger partial charge is 0.161 e. The molecule has 0 radical (unpaired) electrons. The summed E-state index contributed by atoms with van der Waals surface area (Å²) in [5, 5.41) is 0. The minimum Gasteiger partial charge on any atom is -0.493 e. The summed E-state index contributed by atoms with van der Waals surface area (Å²) in [5.41, 5.74) is 1.05. The van der Waals surface area contributed by atoms with Crippen molar-refractivity contribution in [3.63, 3.8) is 0 Å². The minimum atomic E-state index is -1.12. The van der Waals surface area contributed by atoms with E-state index in [0.717, 1.165) is 17.1 Å². The predicted octanol–water partition coefficient (Wildman–Crippen LogP) is 3.55. The molecule has 0 unspecified atom stereocenters. The third-order valence-corrected chi connectivity index (χ3v) is 5.31. The molecule has 0 heterocycles. The lowest BCUT2D eigenvalue weighted by molar-refractivity contribution is 0.310. The molecule has 0 spiro atoms. The van der Waals surface area contributed by atoms with E-state index in [-0.39, 0.29) is 10.8 Å². The Morgan fingerprint density at radius 1 is 1.32 bits per heavy atom. The molecule has 0 aliphatic carbocycles. The van der Waals surface area contributed by atoms with Gasteiger partial charge in [0.15, 0.2) is 11.5 Å². The fourth-order valence-electron chi connectivity index (χ4n) is 1.85. The Bertz CT molecular complexity index is 501. The van der Waals surface area contributed by atoms with Crippen LogP contribution in [0.25, 0.3) is 0 Å². The topological polar surface area (TPSA) is 47.6 Å². The average Bonchev–Trinajstić information content (AvgIpc) is 2.46. The largest absolute Gasteiger partial charge is 0.493 e. The lowest BCUT2D eigenvalue weighted by atomic mass is 10.1. The molecule has 0 saturated carbocycles. The molecule has 22 heavy (non-hydrogen) atoms. The van der Waals surface area contributed by atoms with Gasteiger partial charge in [-0.1, -0.05) is 6.07 Å². The Labute approximate surface area is 140 Å². The van der Waals surface area contributed by atoms with Crippen molar-refractivity contribution in [2.45, 2.75) is 38.5 Å². The second-order valence-corrected chi connectivity index (χ2v) is 8.76. The number of hydrogen-bond donors (Lipinski definition) is 1. The summed E-state index contributed by atoms with van der Waals surface area (Å²) in [4.78, 5) is 0. The van der Waals surface area contributed by atoms with Gasteiger partial charge in [-0.25, -0.2) is 8.93 Å². The fourth-order valence-corrected chi connectivity index (χ4v) is 3.40. The van der Waals surface area contributed by atoms with Gasteiger partial charge < -0.3 is 9.47 Å². The average molecular weight is 346 g/mol. The summed E-state index contributed by atoms with van der Waals surface area (Å²) in [6.45, 7) is 8.41. The summed E-state index contributed by atoms with van der Waals surface area (Å²) >= 11 is 1.72. The van der Waals surface area contributed by atoms with E-state index in [1.54, 1.807) is 18.9 Å². The molecule has 0 bridgehead atoms. The third-order valence-electron chi connectivity index (χ3n) is 3.03. The predicted molar refractivity (Wildman–Crippen MR) is 96.3 cm³/mol. The molecule has 4 nitrogen and oxygen atoms in total. The van der Waals surface area contributed by atoms with Crippen LogP contribution in [0.2, 0.25) is 0 Å². The summed E-state index contributed by atoms with van der Waals surface area (Å²) in [6, 6.07) is 5.86. The van der Waals surface area contributed by atoms with Gasteiger partial charge in [0.25, 0.3) is 0 Å². The fraction of sp³-hybridized carbons (Fsp3) is 0.625. The number of hydrogen-bond acceptors (Lipinski definition) is 4. The number of benzene rings is 1.